The number of nitrogens with zero attached hydrogens (tertiary/aromatic N) is 4. The molecule has 2 heterocycles. The molecule has 2 saturated heterocycles. The van der Waals surface area contributed by atoms with Gasteiger partial charge >= 0.3 is 0 Å². The van der Waals surface area contributed by atoms with E-state index in [0.29, 0.717) is 5.69 Å². The molecule has 5 rings (SSSR count). The molecule has 2 aliphatic heterocycles. The van der Waals surface area contributed by atoms with Crippen molar-refractivity contribution in [3.05, 3.63) is 105 Å². The Bertz CT molecular complexity index is 1310. The van der Waals surface area contributed by atoms with E-state index in [2.05, 4.69) is 0 Å². The van der Waals surface area contributed by atoms with Crippen molar-refractivity contribution in [1.29, 1.82) is 0 Å². The van der Waals surface area contributed by atoms with Gasteiger partial charge in [-0.05, 0) is 30.3 Å². The first-order chi connectivity index (χ1) is 16.4. The Kier molecular flexibility index (Phi) is 5.02. The largest absolute Gasteiger partial charge is 0.274 e. The third-order valence-corrected chi connectivity index (χ3v) is 5.90. The SMILES string of the molecule is O=C1[C@H]2[C@@H](c3ccccc3[N+](=O)[O-])N(c3ccccc3)O[C@H]2C(=O)N1c1ccc([N+](=O)[O-])cc1. The van der Waals surface area contributed by atoms with Crippen LogP contribution in [0, 0.1) is 26.1 Å². The Morgan fingerprint density at radius 1 is 0.735 bits per heavy atom. The second-order valence-electron chi connectivity index (χ2n) is 7.76. The summed E-state index contributed by atoms with van der Waals surface area (Å²) in [5.41, 5.74) is 0.531. The van der Waals surface area contributed by atoms with Gasteiger partial charge in [0.1, 0.15) is 12.0 Å². The maximum absolute atomic E-state index is 13.6. The Morgan fingerprint density at radius 3 is 2.03 bits per heavy atom. The van der Waals surface area contributed by atoms with Crippen molar-refractivity contribution in [2.45, 2.75) is 12.1 Å². The molecule has 0 saturated carbocycles. The van der Waals surface area contributed by atoms with Crippen LogP contribution < -0.4 is 9.96 Å². The summed E-state index contributed by atoms with van der Waals surface area (Å²) in [5, 5.41) is 24.1. The van der Waals surface area contributed by atoms with Gasteiger partial charge in [0.05, 0.1) is 26.8 Å². The first-order valence-corrected chi connectivity index (χ1v) is 10.2. The predicted molar refractivity (Wildman–Crippen MR) is 119 cm³/mol. The molecule has 2 fully saturated rings. The lowest BCUT2D eigenvalue weighted by atomic mass is 9.89. The van der Waals surface area contributed by atoms with Crippen LogP contribution in [-0.4, -0.2) is 27.8 Å². The number of carbonyl (C=O) groups excluding carboxylic acids is 2. The maximum Gasteiger partial charge on any atom is 0.274 e. The third kappa shape index (κ3) is 3.26. The number of nitro benzene ring substituents is 2. The predicted octanol–water partition coefficient (Wildman–Crippen LogP) is 3.55. The summed E-state index contributed by atoms with van der Waals surface area (Å²) in [6, 6.07) is 18.8. The fourth-order valence-electron chi connectivity index (χ4n) is 4.41. The van der Waals surface area contributed by atoms with Gasteiger partial charge in [-0.15, -0.1) is 0 Å². The summed E-state index contributed by atoms with van der Waals surface area (Å²) in [7, 11) is 0. The average molecular weight is 460 g/mol. The molecule has 0 N–H and O–H groups in total. The molecule has 0 aliphatic carbocycles. The van der Waals surface area contributed by atoms with E-state index in [9.17, 15) is 29.8 Å². The van der Waals surface area contributed by atoms with Gasteiger partial charge in [-0.25, -0.2) is 9.96 Å². The standard InChI is InChI=1S/C23H16N4O7/c28-22-19-20(17-8-4-5-9-18(17)27(32)33)25(15-6-2-1-3-7-15)34-21(19)23(29)24(22)14-10-12-16(13-11-14)26(30)31/h1-13,19-21H/t19-,20+,21+/m0/s1. The zero-order valence-corrected chi connectivity index (χ0v) is 17.4. The molecule has 0 spiro atoms. The highest BCUT2D eigenvalue weighted by atomic mass is 16.7. The number of benzene rings is 3. The molecule has 3 atom stereocenters. The van der Waals surface area contributed by atoms with Crippen molar-refractivity contribution < 1.29 is 24.3 Å². The van der Waals surface area contributed by atoms with Crippen molar-refractivity contribution in [3.8, 4) is 0 Å². The smallest absolute Gasteiger partial charge is 0.273 e. The Hall–Kier alpha value is -4.64. The zero-order valence-electron chi connectivity index (χ0n) is 17.4. The van der Waals surface area contributed by atoms with Crippen LogP contribution in [-0.2, 0) is 14.4 Å². The maximum atomic E-state index is 13.6. The second-order valence-corrected chi connectivity index (χ2v) is 7.76. The summed E-state index contributed by atoms with van der Waals surface area (Å²) < 4.78 is 0. The quantitative estimate of drug-likeness (QED) is 0.320. The number of para-hydroxylation sites is 2. The molecule has 0 radical (unpaired) electrons. The van der Waals surface area contributed by atoms with E-state index < -0.39 is 39.7 Å². The summed E-state index contributed by atoms with van der Waals surface area (Å²) in [5.74, 6) is -2.32. The molecular weight excluding hydrogens is 444 g/mol. The van der Waals surface area contributed by atoms with Gasteiger partial charge in [0.15, 0.2) is 6.10 Å². The van der Waals surface area contributed by atoms with Crippen molar-refractivity contribution in [2.75, 3.05) is 9.96 Å². The first-order valence-electron chi connectivity index (χ1n) is 10.2. The fourth-order valence-corrected chi connectivity index (χ4v) is 4.41. The topological polar surface area (TPSA) is 136 Å². The second kappa shape index (κ2) is 8.05. The molecule has 0 aromatic heterocycles. The highest BCUT2D eigenvalue weighted by molar-refractivity contribution is 6.24. The Morgan fingerprint density at radius 2 is 1.38 bits per heavy atom. The first kappa shape index (κ1) is 21.2. The van der Waals surface area contributed by atoms with Gasteiger partial charge in [-0.2, -0.15) is 0 Å². The average Bonchev–Trinajstić information content (AvgIpc) is 3.35. The van der Waals surface area contributed by atoms with E-state index in [-0.39, 0.29) is 22.6 Å². The van der Waals surface area contributed by atoms with Gasteiger partial charge in [-0.3, -0.25) is 34.7 Å². The molecule has 170 valence electrons. The van der Waals surface area contributed by atoms with Gasteiger partial charge < -0.3 is 0 Å². The summed E-state index contributed by atoms with van der Waals surface area (Å²) >= 11 is 0. The van der Waals surface area contributed by atoms with Crippen molar-refractivity contribution in [2.24, 2.45) is 5.92 Å². The van der Waals surface area contributed by atoms with Crippen LogP contribution >= 0.6 is 0 Å². The molecule has 0 unspecified atom stereocenters. The Labute approximate surface area is 192 Å². The molecule has 0 bridgehead atoms. The lowest BCUT2D eigenvalue weighted by Gasteiger charge is -2.28. The number of nitro groups is 2. The van der Waals surface area contributed by atoms with E-state index in [0.717, 1.165) is 4.90 Å². The number of hydrogen-bond donors (Lipinski definition) is 0. The van der Waals surface area contributed by atoms with Crippen molar-refractivity contribution in [3.63, 3.8) is 0 Å². The number of hydroxylamine groups is 1. The van der Waals surface area contributed by atoms with Crippen LogP contribution in [0.25, 0.3) is 0 Å². The van der Waals surface area contributed by atoms with Crippen LogP contribution in [0.5, 0.6) is 0 Å². The highest BCUT2D eigenvalue weighted by Gasteiger charge is 2.61. The molecule has 3 aromatic rings. The van der Waals surface area contributed by atoms with E-state index >= 15 is 0 Å². The monoisotopic (exact) mass is 460 g/mol. The lowest BCUT2D eigenvalue weighted by Crippen LogP contribution is -2.37. The normalized spacial score (nSPS) is 21.6. The van der Waals surface area contributed by atoms with Crippen LogP contribution in [0.4, 0.5) is 22.7 Å². The minimum Gasteiger partial charge on any atom is -0.273 e. The fraction of sp³-hybridized carbons (Fsp3) is 0.130. The van der Waals surface area contributed by atoms with Gasteiger partial charge in [0.2, 0.25) is 5.91 Å². The van der Waals surface area contributed by atoms with E-state index in [4.69, 9.17) is 4.84 Å². The van der Waals surface area contributed by atoms with Crippen LogP contribution in [0.15, 0.2) is 78.9 Å². The molecule has 2 amide bonds. The number of amides is 2. The van der Waals surface area contributed by atoms with Crippen molar-refractivity contribution in [1.82, 2.24) is 0 Å². The number of anilines is 2. The summed E-state index contributed by atoms with van der Waals surface area (Å²) in [6.07, 6.45) is -1.22. The minimum absolute atomic E-state index is 0.158. The molecule has 2 aliphatic rings. The molecule has 34 heavy (non-hydrogen) atoms. The minimum atomic E-state index is -1.22. The number of carbonyl (C=O) groups is 2. The highest BCUT2D eigenvalue weighted by Crippen LogP contribution is 2.49. The number of hydrogen-bond acceptors (Lipinski definition) is 8. The molecule has 11 heteroatoms. The van der Waals surface area contributed by atoms with Crippen LogP contribution in [0.3, 0.4) is 0 Å². The molecule has 3 aromatic carbocycles. The lowest BCUT2D eigenvalue weighted by molar-refractivity contribution is -0.385. The summed E-state index contributed by atoms with van der Waals surface area (Å²) in [4.78, 5) is 55.3. The van der Waals surface area contributed by atoms with Crippen molar-refractivity contribution >= 4 is 34.6 Å². The Balaban J connectivity index is 1.60. The summed E-state index contributed by atoms with van der Waals surface area (Å²) in [6.45, 7) is 0. The van der Waals surface area contributed by atoms with Crippen LogP contribution in [0.2, 0.25) is 0 Å². The third-order valence-electron chi connectivity index (χ3n) is 5.90. The number of imide groups is 1. The number of fused-ring (bicyclic) bond motifs is 1. The van der Waals surface area contributed by atoms with Gasteiger partial charge in [-0.1, -0.05) is 30.3 Å². The molecular formula is C23H16N4O7. The van der Waals surface area contributed by atoms with Crippen LogP contribution in [0.1, 0.15) is 11.6 Å². The number of non-ortho nitro benzene ring substituents is 1. The van der Waals surface area contributed by atoms with Gasteiger partial charge in [0, 0.05) is 18.2 Å². The molecule has 11 nitrogen and oxygen atoms in total. The van der Waals surface area contributed by atoms with E-state index in [1.807, 2.05) is 0 Å². The zero-order chi connectivity index (χ0) is 24.0. The van der Waals surface area contributed by atoms with Gasteiger partial charge in [0.25, 0.3) is 17.3 Å². The number of rotatable bonds is 5. The van der Waals surface area contributed by atoms with E-state index in [1.165, 1.54) is 47.5 Å². The van der Waals surface area contributed by atoms with E-state index in [1.54, 1.807) is 36.4 Å².